The zero-order chi connectivity index (χ0) is 24.1. The first kappa shape index (κ1) is 21.7. The van der Waals surface area contributed by atoms with Crippen LogP contribution in [0.25, 0.3) is 22.1 Å². The minimum absolute atomic E-state index is 0.0192. The molecule has 0 radical (unpaired) electrons. The van der Waals surface area contributed by atoms with Gasteiger partial charge in [0.15, 0.2) is 12.5 Å². The minimum Gasteiger partial charge on any atom is -0.377 e. The highest BCUT2D eigenvalue weighted by molar-refractivity contribution is 5.95. The van der Waals surface area contributed by atoms with Crippen LogP contribution in [0.3, 0.4) is 0 Å². The molecule has 3 aliphatic rings. The second-order valence-electron chi connectivity index (χ2n) is 9.81. The Morgan fingerprint density at radius 3 is 2.89 bits per heavy atom. The molecule has 4 aromatic rings. The molecule has 5 heterocycles. The number of hydrogen-bond donors (Lipinski definition) is 0. The lowest BCUT2D eigenvalue weighted by Gasteiger charge is -2.28. The van der Waals surface area contributed by atoms with Gasteiger partial charge in [-0.1, -0.05) is 12.1 Å². The molecule has 1 unspecified atom stereocenters. The molecule has 7 nitrogen and oxygen atoms in total. The topological polar surface area (TPSA) is 70.7 Å². The summed E-state index contributed by atoms with van der Waals surface area (Å²) in [6.07, 6.45) is 15.0. The minimum atomic E-state index is 0.0192. The molecule has 7 heteroatoms. The molecule has 3 aromatic heterocycles. The van der Waals surface area contributed by atoms with Crippen molar-refractivity contribution >= 4 is 28.4 Å². The molecule has 1 aromatic carbocycles. The molecule has 0 spiro atoms. The molecule has 7 rings (SSSR count). The van der Waals surface area contributed by atoms with E-state index in [1.807, 2.05) is 16.8 Å². The lowest BCUT2D eigenvalue weighted by Crippen LogP contribution is -2.19. The summed E-state index contributed by atoms with van der Waals surface area (Å²) in [6.45, 7) is 2.22. The van der Waals surface area contributed by atoms with Crippen LogP contribution in [-0.2, 0) is 15.9 Å². The van der Waals surface area contributed by atoms with Gasteiger partial charge in [0, 0.05) is 24.4 Å². The first-order chi connectivity index (χ1) is 17.8. The quantitative estimate of drug-likeness (QED) is 0.371. The maximum atomic E-state index is 11.3. The van der Waals surface area contributed by atoms with E-state index in [1.54, 1.807) is 6.20 Å². The number of pyridine rings is 1. The lowest BCUT2D eigenvalue weighted by atomic mass is 9.78. The van der Waals surface area contributed by atoms with E-state index in [1.165, 1.54) is 39.7 Å². The smallest absolute Gasteiger partial charge is 0.170 e. The van der Waals surface area contributed by atoms with E-state index in [0.29, 0.717) is 12.3 Å². The second-order valence-corrected chi connectivity index (χ2v) is 9.81. The number of aromatic nitrogens is 4. The van der Waals surface area contributed by atoms with Gasteiger partial charge < -0.3 is 13.9 Å². The van der Waals surface area contributed by atoms with Crippen molar-refractivity contribution in [3.63, 3.8) is 0 Å². The number of fused-ring (bicyclic) bond motifs is 4. The molecule has 0 bridgehead atoms. The fourth-order valence-electron chi connectivity index (χ4n) is 6.03. The Balaban J connectivity index is 1.41. The molecular weight excluding hydrogens is 452 g/mol. The number of nitrogens with zero attached hydrogens (tertiary/aromatic N) is 4. The zero-order valence-electron chi connectivity index (χ0n) is 20.2. The largest absolute Gasteiger partial charge is 0.377 e. The molecule has 1 fully saturated rings. The third kappa shape index (κ3) is 3.53. The fourth-order valence-corrected chi connectivity index (χ4v) is 6.03. The summed E-state index contributed by atoms with van der Waals surface area (Å²) in [5, 5.41) is 6.00. The number of rotatable bonds is 4. The van der Waals surface area contributed by atoms with Gasteiger partial charge in [0.25, 0.3) is 0 Å². The highest BCUT2D eigenvalue weighted by Gasteiger charge is 2.27. The first-order valence-electron chi connectivity index (χ1n) is 12.9. The Bertz CT molecular complexity index is 1550. The van der Waals surface area contributed by atoms with Crippen molar-refractivity contribution in [1.82, 2.24) is 19.2 Å². The predicted octanol–water partition coefficient (Wildman–Crippen LogP) is 5.29. The number of benzene rings is 1. The Morgan fingerprint density at radius 1 is 1.08 bits per heavy atom. The summed E-state index contributed by atoms with van der Waals surface area (Å²) in [5.74, 6) is 0. The molecule has 36 heavy (non-hydrogen) atoms. The maximum absolute atomic E-state index is 11.3. The molecule has 2 aliphatic heterocycles. The Hall–Kier alpha value is -3.55. The normalized spacial score (nSPS) is 20.6. The first-order valence-corrected chi connectivity index (χ1v) is 12.9. The molecular formula is C29H28N4O3. The average molecular weight is 481 g/mol. The average Bonchev–Trinajstić information content (AvgIpc) is 3.57. The number of ether oxygens (including phenoxy) is 2. The van der Waals surface area contributed by atoms with Crippen LogP contribution >= 0.6 is 0 Å². The summed E-state index contributed by atoms with van der Waals surface area (Å²) < 4.78 is 15.7. The van der Waals surface area contributed by atoms with Crippen LogP contribution in [0.1, 0.15) is 65.5 Å². The van der Waals surface area contributed by atoms with Crippen LogP contribution in [0.5, 0.6) is 0 Å². The highest BCUT2D eigenvalue weighted by Crippen LogP contribution is 2.43. The van der Waals surface area contributed by atoms with Crippen LogP contribution in [0.4, 0.5) is 0 Å². The van der Waals surface area contributed by atoms with E-state index in [-0.39, 0.29) is 6.23 Å². The predicted molar refractivity (Wildman–Crippen MR) is 137 cm³/mol. The fraction of sp³-hybridized carbons (Fsp3) is 0.345. The van der Waals surface area contributed by atoms with Gasteiger partial charge in [-0.15, -0.1) is 0 Å². The number of aldehydes is 1. The number of carbonyl (C=O) groups is 1. The van der Waals surface area contributed by atoms with E-state index >= 15 is 0 Å². The van der Waals surface area contributed by atoms with Crippen molar-refractivity contribution in [2.24, 2.45) is 0 Å². The third-order valence-electron chi connectivity index (χ3n) is 7.76. The van der Waals surface area contributed by atoms with Crippen molar-refractivity contribution in [3.8, 4) is 0 Å². The summed E-state index contributed by atoms with van der Waals surface area (Å²) in [5.41, 5.74) is 10.1. The summed E-state index contributed by atoms with van der Waals surface area (Å²) in [7, 11) is 0. The van der Waals surface area contributed by atoms with E-state index in [0.717, 1.165) is 68.3 Å². The van der Waals surface area contributed by atoms with E-state index in [2.05, 4.69) is 40.0 Å². The van der Waals surface area contributed by atoms with Gasteiger partial charge in [-0.3, -0.25) is 4.79 Å². The van der Waals surface area contributed by atoms with E-state index in [4.69, 9.17) is 14.6 Å². The monoisotopic (exact) mass is 480 g/mol. The van der Waals surface area contributed by atoms with Crippen molar-refractivity contribution in [1.29, 1.82) is 0 Å². The number of aryl methyl sites for hydroxylation is 1. The van der Waals surface area contributed by atoms with Crippen molar-refractivity contribution < 1.29 is 14.3 Å². The summed E-state index contributed by atoms with van der Waals surface area (Å²) >= 11 is 0. The molecule has 182 valence electrons. The van der Waals surface area contributed by atoms with Crippen LogP contribution in [0, 0.1) is 0 Å². The zero-order valence-corrected chi connectivity index (χ0v) is 20.2. The van der Waals surface area contributed by atoms with Crippen LogP contribution < -0.4 is 0 Å². The number of carbonyl (C=O) groups excluding carboxylic acids is 1. The molecule has 1 atom stereocenters. The second kappa shape index (κ2) is 8.84. The van der Waals surface area contributed by atoms with E-state index < -0.39 is 0 Å². The van der Waals surface area contributed by atoms with Gasteiger partial charge in [0.05, 0.1) is 24.9 Å². The SMILES string of the molecule is O=Cc1cn2ccc(C3=C(C4=CCOCC4)CCc4c3ccc3c4cnn3C3CCCCO3)cc2n1. The van der Waals surface area contributed by atoms with Crippen molar-refractivity contribution in [3.05, 3.63) is 82.5 Å². The summed E-state index contributed by atoms with van der Waals surface area (Å²) in [6, 6.07) is 8.70. The molecule has 1 aliphatic carbocycles. The lowest BCUT2D eigenvalue weighted by molar-refractivity contribution is -0.0366. The van der Waals surface area contributed by atoms with Gasteiger partial charge in [-0.05, 0) is 90.1 Å². The number of allylic oxidation sites excluding steroid dienone is 1. The van der Waals surface area contributed by atoms with Crippen molar-refractivity contribution in [2.75, 3.05) is 19.8 Å². The van der Waals surface area contributed by atoms with E-state index in [9.17, 15) is 4.79 Å². The molecule has 0 saturated carbocycles. The summed E-state index contributed by atoms with van der Waals surface area (Å²) in [4.78, 5) is 15.8. The highest BCUT2D eigenvalue weighted by atomic mass is 16.5. The Morgan fingerprint density at radius 2 is 2.06 bits per heavy atom. The van der Waals surface area contributed by atoms with Gasteiger partial charge in [-0.2, -0.15) is 5.10 Å². The van der Waals surface area contributed by atoms with Gasteiger partial charge >= 0.3 is 0 Å². The Kier molecular flexibility index (Phi) is 5.33. The Labute approximate surface area is 209 Å². The number of imidazole rings is 1. The number of hydrogen-bond acceptors (Lipinski definition) is 5. The van der Waals surface area contributed by atoms with Crippen LogP contribution in [0.2, 0.25) is 0 Å². The van der Waals surface area contributed by atoms with Gasteiger partial charge in [-0.25, -0.2) is 9.67 Å². The van der Waals surface area contributed by atoms with Crippen LogP contribution in [0.15, 0.2) is 60.1 Å². The van der Waals surface area contributed by atoms with Gasteiger partial charge in [0.2, 0.25) is 0 Å². The van der Waals surface area contributed by atoms with Crippen molar-refractivity contribution in [2.45, 2.75) is 44.8 Å². The third-order valence-corrected chi connectivity index (χ3v) is 7.76. The van der Waals surface area contributed by atoms with Gasteiger partial charge in [0.1, 0.15) is 11.3 Å². The van der Waals surface area contributed by atoms with Crippen LogP contribution in [-0.4, -0.2) is 45.3 Å². The molecule has 0 N–H and O–H groups in total. The molecule has 0 amide bonds. The maximum Gasteiger partial charge on any atom is 0.170 e. The standard InChI is InChI=1S/C29H28N4O3/c34-18-21-17-32-11-8-20(15-27(32)31-21)29-22(19-9-13-35-14-10-19)4-5-23-24(29)6-7-26-25(23)16-30-33(26)28-3-1-2-12-36-28/h6-9,11,15-18,28H,1-5,10,12-14H2. The molecule has 1 saturated heterocycles.